The van der Waals surface area contributed by atoms with Crippen LogP contribution in [0.3, 0.4) is 0 Å². The van der Waals surface area contributed by atoms with E-state index in [1.54, 1.807) is 11.8 Å². The van der Waals surface area contributed by atoms with Crippen LogP contribution in [0.1, 0.15) is 28.4 Å². The first-order chi connectivity index (χ1) is 9.31. The van der Waals surface area contributed by atoms with Crippen LogP contribution in [0, 0.1) is 0 Å². The van der Waals surface area contributed by atoms with E-state index in [9.17, 15) is 4.79 Å². The van der Waals surface area contributed by atoms with Crippen LogP contribution in [0.5, 0.6) is 0 Å². The average molecular weight is 268 g/mol. The van der Waals surface area contributed by atoms with E-state index in [0.29, 0.717) is 0 Å². The van der Waals surface area contributed by atoms with Gasteiger partial charge >= 0.3 is 0 Å². The molecular weight excluding hydrogens is 252 g/mol. The van der Waals surface area contributed by atoms with Gasteiger partial charge in [-0.1, -0.05) is 61.5 Å². The fraction of sp³-hybridized carbons (Fsp3) is 0.118. The number of thioether (sulfide) groups is 1. The van der Waals surface area contributed by atoms with Gasteiger partial charge in [0.2, 0.25) is 0 Å². The lowest BCUT2D eigenvalue weighted by molar-refractivity contribution is 0.103. The highest BCUT2D eigenvalue weighted by molar-refractivity contribution is 8.02. The third kappa shape index (κ3) is 3.83. The van der Waals surface area contributed by atoms with Crippen molar-refractivity contribution in [3.63, 3.8) is 0 Å². The maximum absolute atomic E-state index is 12.2. The third-order valence-corrected chi connectivity index (χ3v) is 3.39. The summed E-state index contributed by atoms with van der Waals surface area (Å²) in [6.45, 7) is 2.12. The van der Waals surface area contributed by atoms with Gasteiger partial charge in [-0.05, 0) is 22.8 Å². The van der Waals surface area contributed by atoms with Crippen LogP contribution in [0.25, 0.3) is 6.08 Å². The molecule has 1 nitrogen and oxygen atoms in total. The molecule has 0 aliphatic heterocycles. The van der Waals surface area contributed by atoms with Crippen molar-refractivity contribution < 1.29 is 4.79 Å². The van der Waals surface area contributed by atoms with E-state index in [1.165, 1.54) is 0 Å². The molecule has 0 aliphatic rings. The van der Waals surface area contributed by atoms with Crippen molar-refractivity contribution in [1.29, 1.82) is 0 Å². The van der Waals surface area contributed by atoms with Crippen LogP contribution in [0.2, 0.25) is 0 Å². The van der Waals surface area contributed by atoms with E-state index in [1.807, 2.05) is 54.6 Å². The second kappa shape index (κ2) is 6.95. The summed E-state index contributed by atoms with van der Waals surface area (Å²) in [5, 5.41) is 2.08. The molecule has 0 atom stereocenters. The Kier molecular flexibility index (Phi) is 4.99. The molecule has 0 N–H and O–H groups in total. The van der Waals surface area contributed by atoms with Gasteiger partial charge in [-0.2, -0.15) is 0 Å². The first-order valence-corrected chi connectivity index (χ1v) is 7.34. The summed E-state index contributed by atoms with van der Waals surface area (Å²) < 4.78 is 0. The van der Waals surface area contributed by atoms with Gasteiger partial charge in [0.15, 0.2) is 5.78 Å². The summed E-state index contributed by atoms with van der Waals surface area (Å²) in [6.07, 6.45) is 2.06. The van der Waals surface area contributed by atoms with Gasteiger partial charge in [-0.3, -0.25) is 4.79 Å². The smallest absolute Gasteiger partial charge is 0.193 e. The van der Waals surface area contributed by atoms with Gasteiger partial charge in [0.25, 0.3) is 0 Å². The number of hydrogen-bond donors (Lipinski definition) is 0. The summed E-state index contributed by atoms with van der Waals surface area (Å²) in [4.78, 5) is 12.2. The Balaban J connectivity index is 2.12. The highest BCUT2D eigenvalue weighted by Gasteiger charge is 2.07. The fourth-order valence-corrected chi connectivity index (χ4v) is 2.17. The molecule has 2 aromatic rings. The van der Waals surface area contributed by atoms with Crippen molar-refractivity contribution in [3.8, 4) is 0 Å². The lowest BCUT2D eigenvalue weighted by Crippen LogP contribution is -2.00. The second-order valence-corrected chi connectivity index (χ2v) is 5.26. The summed E-state index contributed by atoms with van der Waals surface area (Å²) in [5.41, 5.74) is 2.57. The lowest BCUT2D eigenvalue weighted by Gasteiger charge is -2.01. The van der Waals surface area contributed by atoms with Crippen molar-refractivity contribution in [2.45, 2.75) is 6.92 Å². The first-order valence-electron chi connectivity index (χ1n) is 6.29. The standard InChI is InChI=1S/C17H16OS/c1-2-19-13-12-14-8-10-16(11-9-14)17(18)15-6-4-3-5-7-15/h3-13H,2H2,1H3. The number of carbonyl (C=O) groups excluding carboxylic acids is 1. The molecular formula is C17H16OS. The van der Waals surface area contributed by atoms with Crippen LogP contribution in [0.4, 0.5) is 0 Å². The largest absolute Gasteiger partial charge is 0.289 e. The highest BCUT2D eigenvalue weighted by atomic mass is 32.2. The average Bonchev–Trinajstić information content (AvgIpc) is 2.48. The Labute approximate surface area is 118 Å². The molecule has 19 heavy (non-hydrogen) atoms. The molecule has 0 amide bonds. The molecule has 0 radical (unpaired) electrons. The molecule has 2 aromatic carbocycles. The maximum Gasteiger partial charge on any atom is 0.193 e. The molecule has 0 saturated carbocycles. The topological polar surface area (TPSA) is 17.1 Å². The van der Waals surface area contributed by atoms with Crippen LogP contribution >= 0.6 is 11.8 Å². The fourth-order valence-electron chi connectivity index (χ4n) is 1.72. The van der Waals surface area contributed by atoms with Gasteiger partial charge in [0.05, 0.1) is 0 Å². The van der Waals surface area contributed by atoms with Crippen LogP contribution in [-0.2, 0) is 0 Å². The molecule has 0 unspecified atom stereocenters. The molecule has 0 spiro atoms. The molecule has 0 aromatic heterocycles. The highest BCUT2D eigenvalue weighted by Crippen LogP contribution is 2.13. The predicted octanol–water partition coefficient (Wildman–Crippen LogP) is 4.64. The van der Waals surface area contributed by atoms with E-state index < -0.39 is 0 Å². The van der Waals surface area contributed by atoms with Gasteiger partial charge in [0.1, 0.15) is 0 Å². The minimum absolute atomic E-state index is 0.0686. The van der Waals surface area contributed by atoms with Gasteiger partial charge < -0.3 is 0 Å². The van der Waals surface area contributed by atoms with E-state index in [-0.39, 0.29) is 5.78 Å². The molecule has 0 heterocycles. The Morgan fingerprint density at radius 3 is 2.26 bits per heavy atom. The monoisotopic (exact) mass is 268 g/mol. The molecule has 0 fully saturated rings. The quantitative estimate of drug-likeness (QED) is 0.735. The van der Waals surface area contributed by atoms with E-state index in [4.69, 9.17) is 0 Å². The van der Waals surface area contributed by atoms with Crippen LogP contribution in [0.15, 0.2) is 60.0 Å². The minimum atomic E-state index is 0.0686. The maximum atomic E-state index is 12.2. The van der Waals surface area contributed by atoms with Gasteiger partial charge in [-0.15, -0.1) is 11.8 Å². The van der Waals surface area contributed by atoms with Crippen LogP contribution < -0.4 is 0 Å². The zero-order chi connectivity index (χ0) is 13.5. The van der Waals surface area contributed by atoms with E-state index in [2.05, 4.69) is 18.4 Å². The molecule has 0 saturated heterocycles. The van der Waals surface area contributed by atoms with Crippen molar-refractivity contribution in [2.75, 3.05) is 5.75 Å². The Bertz CT molecular complexity index is 556. The van der Waals surface area contributed by atoms with Crippen molar-refractivity contribution in [3.05, 3.63) is 76.7 Å². The summed E-state index contributed by atoms with van der Waals surface area (Å²) in [7, 11) is 0. The van der Waals surface area contributed by atoms with E-state index >= 15 is 0 Å². The number of carbonyl (C=O) groups is 1. The summed E-state index contributed by atoms with van der Waals surface area (Å²) in [6, 6.07) is 17.1. The molecule has 0 bridgehead atoms. The molecule has 2 heteroatoms. The lowest BCUT2D eigenvalue weighted by atomic mass is 10.0. The van der Waals surface area contributed by atoms with Gasteiger partial charge in [-0.25, -0.2) is 0 Å². The van der Waals surface area contributed by atoms with Crippen LogP contribution in [-0.4, -0.2) is 11.5 Å². The number of ketones is 1. The number of rotatable bonds is 5. The van der Waals surface area contributed by atoms with Crippen molar-refractivity contribution in [2.24, 2.45) is 0 Å². The number of benzene rings is 2. The molecule has 96 valence electrons. The normalized spacial score (nSPS) is 10.8. The van der Waals surface area contributed by atoms with Crippen molar-refractivity contribution >= 4 is 23.6 Å². The number of hydrogen-bond acceptors (Lipinski definition) is 2. The van der Waals surface area contributed by atoms with E-state index in [0.717, 1.165) is 22.4 Å². The Morgan fingerprint density at radius 1 is 1.00 bits per heavy atom. The summed E-state index contributed by atoms with van der Waals surface area (Å²) >= 11 is 1.76. The second-order valence-electron chi connectivity index (χ2n) is 4.08. The predicted molar refractivity (Wildman–Crippen MR) is 83.5 cm³/mol. The Morgan fingerprint density at radius 2 is 1.63 bits per heavy atom. The van der Waals surface area contributed by atoms with Gasteiger partial charge in [0, 0.05) is 11.1 Å². The molecule has 0 aliphatic carbocycles. The SMILES string of the molecule is CCSC=Cc1ccc(C(=O)c2ccccc2)cc1. The third-order valence-electron chi connectivity index (χ3n) is 2.73. The first kappa shape index (κ1) is 13.6. The Hall–Kier alpha value is -1.80. The summed E-state index contributed by atoms with van der Waals surface area (Å²) in [5.74, 6) is 1.14. The minimum Gasteiger partial charge on any atom is -0.289 e. The van der Waals surface area contributed by atoms with Crippen molar-refractivity contribution in [1.82, 2.24) is 0 Å². The molecule has 2 rings (SSSR count). The zero-order valence-corrected chi connectivity index (χ0v) is 11.7. The zero-order valence-electron chi connectivity index (χ0n) is 10.9.